The quantitative estimate of drug-likeness (QED) is 0.497. The van der Waals surface area contributed by atoms with E-state index in [0.717, 1.165) is 11.0 Å². The number of imidazole rings is 1. The molecule has 1 aromatic carbocycles. The number of aromatic nitrogens is 6. The van der Waals surface area contributed by atoms with Crippen LogP contribution in [0.5, 0.6) is 0 Å². The Morgan fingerprint density at radius 2 is 1.76 bits per heavy atom. The van der Waals surface area contributed by atoms with Gasteiger partial charge in [0.05, 0.1) is 28.5 Å². The lowest BCUT2D eigenvalue weighted by Crippen LogP contribution is -2.09. The van der Waals surface area contributed by atoms with E-state index in [1.807, 2.05) is 24.3 Å². The van der Waals surface area contributed by atoms with Crippen LogP contribution in [-0.4, -0.2) is 29.5 Å². The normalized spacial score (nSPS) is 11.1. The lowest BCUT2D eigenvalue weighted by Gasteiger charge is -2.10. The van der Waals surface area contributed by atoms with Crippen LogP contribution in [0.15, 0.2) is 36.5 Å². The Labute approximate surface area is 142 Å². The van der Waals surface area contributed by atoms with Crippen molar-refractivity contribution in [1.82, 2.24) is 29.5 Å². The lowest BCUT2D eigenvalue weighted by atomic mass is 10.2. The van der Waals surface area contributed by atoms with Crippen molar-refractivity contribution in [2.24, 2.45) is 0 Å². The smallest absolute Gasteiger partial charge is 0.240 e. The molecule has 3 heterocycles. The minimum absolute atomic E-state index is 0.130. The van der Waals surface area contributed by atoms with Gasteiger partial charge in [0.2, 0.25) is 11.9 Å². The molecule has 0 atom stereocenters. The number of para-hydroxylation sites is 2. The van der Waals surface area contributed by atoms with Crippen LogP contribution < -0.4 is 17.2 Å². The largest absolute Gasteiger partial charge is 0.397 e. The van der Waals surface area contributed by atoms with Crippen LogP contribution in [0.25, 0.3) is 28.4 Å². The first-order chi connectivity index (χ1) is 12.0. The Hall–Kier alpha value is -3.75. The van der Waals surface area contributed by atoms with Crippen LogP contribution in [0.1, 0.15) is 5.82 Å². The molecule has 0 aliphatic carbocycles. The van der Waals surface area contributed by atoms with E-state index in [1.54, 1.807) is 17.6 Å². The molecule has 0 amide bonds. The fraction of sp³-hybridized carbons (Fsp3) is 0.0625. The Kier molecular flexibility index (Phi) is 3.21. The molecule has 0 saturated heterocycles. The van der Waals surface area contributed by atoms with Gasteiger partial charge < -0.3 is 17.2 Å². The summed E-state index contributed by atoms with van der Waals surface area (Å²) in [5.74, 6) is 1.83. The molecule has 0 spiro atoms. The zero-order chi connectivity index (χ0) is 17.6. The third-order valence-corrected chi connectivity index (χ3v) is 3.69. The predicted octanol–water partition coefficient (Wildman–Crippen LogP) is 1.33. The fourth-order valence-electron chi connectivity index (χ4n) is 2.67. The summed E-state index contributed by atoms with van der Waals surface area (Å²) in [6.07, 6.45) is 1.50. The molecule has 25 heavy (non-hydrogen) atoms. The molecule has 124 valence electrons. The van der Waals surface area contributed by atoms with E-state index in [4.69, 9.17) is 17.2 Å². The molecule has 0 fully saturated rings. The van der Waals surface area contributed by atoms with Crippen molar-refractivity contribution in [3.63, 3.8) is 0 Å². The molecule has 4 rings (SSSR count). The summed E-state index contributed by atoms with van der Waals surface area (Å²) in [4.78, 5) is 21.5. The average Bonchev–Trinajstić information content (AvgIpc) is 2.95. The fourth-order valence-corrected chi connectivity index (χ4v) is 2.67. The standard InChI is InChI=1S/C16H15N9/c1-8-21-15(19)24-16(22-8)25-12-5-3-2-4-11(12)23-14(25)10-6-9(17)7-20-13(10)18/h2-7H,17H2,1H3,(H2,18,20)(H2,19,21,22,24). The van der Waals surface area contributed by atoms with E-state index < -0.39 is 0 Å². The minimum Gasteiger partial charge on any atom is -0.397 e. The highest BCUT2D eigenvalue weighted by atomic mass is 15.2. The number of aryl methyl sites for hydroxylation is 1. The number of benzene rings is 1. The lowest BCUT2D eigenvalue weighted by molar-refractivity contribution is 0.894. The van der Waals surface area contributed by atoms with Crippen molar-refractivity contribution in [2.45, 2.75) is 6.92 Å². The average molecular weight is 333 g/mol. The highest BCUT2D eigenvalue weighted by Crippen LogP contribution is 2.31. The molecule has 0 radical (unpaired) electrons. The van der Waals surface area contributed by atoms with E-state index in [1.165, 1.54) is 6.20 Å². The SMILES string of the molecule is Cc1nc(N)nc(-n2c(-c3cc(N)cnc3N)nc3ccccc32)n1. The first kappa shape index (κ1) is 14.8. The predicted molar refractivity (Wildman–Crippen MR) is 95.7 cm³/mol. The summed E-state index contributed by atoms with van der Waals surface area (Å²) < 4.78 is 1.77. The Morgan fingerprint density at radius 3 is 2.56 bits per heavy atom. The number of nitrogens with zero attached hydrogens (tertiary/aromatic N) is 6. The summed E-state index contributed by atoms with van der Waals surface area (Å²) >= 11 is 0. The number of nitrogens with two attached hydrogens (primary N) is 3. The summed E-state index contributed by atoms with van der Waals surface area (Å²) in [5, 5.41) is 0. The third kappa shape index (κ3) is 2.47. The van der Waals surface area contributed by atoms with Crippen LogP contribution in [-0.2, 0) is 0 Å². The first-order valence-electron chi connectivity index (χ1n) is 7.50. The molecule has 0 aliphatic heterocycles. The number of hydrogen-bond donors (Lipinski definition) is 3. The van der Waals surface area contributed by atoms with Crippen molar-refractivity contribution in [2.75, 3.05) is 17.2 Å². The van der Waals surface area contributed by atoms with Gasteiger partial charge in [-0.15, -0.1) is 0 Å². The van der Waals surface area contributed by atoms with E-state index >= 15 is 0 Å². The van der Waals surface area contributed by atoms with Crippen LogP contribution in [0.2, 0.25) is 0 Å². The second-order valence-corrected chi connectivity index (χ2v) is 5.50. The maximum atomic E-state index is 6.05. The van der Waals surface area contributed by atoms with E-state index in [9.17, 15) is 0 Å². The molecule has 4 aromatic rings. The molecule has 0 aliphatic rings. The first-order valence-corrected chi connectivity index (χ1v) is 7.50. The van der Waals surface area contributed by atoms with Gasteiger partial charge in [-0.1, -0.05) is 12.1 Å². The molecular weight excluding hydrogens is 318 g/mol. The Morgan fingerprint density at radius 1 is 0.960 bits per heavy atom. The number of fused-ring (bicyclic) bond motifs is 1. The molecule has 9 nitrogen and oxygen atoms in total. The summed E-state index contributed by atoms with van der Waals surface area (Å²) in [5.41, 5.74) is 20.4. The van der Waals surface area contributed by atoms with Gasteiger partial charge in [0.1, 0.15) is 11.6 Å². The number of hydrogen-bond acceptors (Lipinski definition) is 8. The highest BCUT2D eigenvalue weighted by Gasteiger charge is 2.19. The van der Waals surface area contributed by atoms with Crippen molar-refractivity contribution < 1.29 is 0 Å². The Balaban J connectivity index is 2.10. The zero-order valence-electron chi connectivity index (χ0n) is 13.4. The van der Waals surface area contributed by atoms with Gasteiger partial charge in [-0.25, -0.2) is 9.97 Å². The number of pyridine rings is 1. The van der Waals surface area contributed by atoms with Crippen molar-refractivity contribution in [1.29, 1.82) is 0 Å². The monoisotopic (exact) mass is 333 g/mol. The minimum atomic E-state index is 0.130. The zero-order valence-corrected chi connectivity index (χ0v) is 13.4. The maximum absolute atomic E-state index is 6.05. The second-order valence-electron chi connectivity index (χ2n) is 5.50. The number of anilines is 3. The molecule has 6 N–H and O–H groups in total. The molecule has 0 bridgehead atoms. The molecular formula is C16H15N9. The Bertz CT molecular complexity index is 1080. The number of nitrogen functional groups attached to an aromatic ring is 3. The van der Waals surface area contributed by atoms with Gasteiger partial charge in [-0.2, -0.15) is 15.0 Å². The third-order valence-electron chi connectivity index (χ3n) is 3.69. The second kappa shape index (κ2) is 5.41. The molecule has 9 heteroatoms. The van der Waals surface area contributed by atoms with Crippen molar-refractivity contribution in [3.05, 3.63) is 42.4 Å². The van der Waals surface area contributed by atoms with Gasteiger partial charge in [0, 0.05) is 0 Å². The van der Waals surface area contributed by atoms with Gasteiger partial charge >= 0.3 is 0 Å². The van der Waals surface area contributed by atoms with E-state index in [-0.39, 0.29) is 5.95 Å². The maximum Gasteiger partial charge on any atom is 0.240 e. The summed E-state index contributed by atoms with van der Waals surface area (Å²) in [6.45, 7) is 1.75. The van der Waals surface area contributed by atoms with Crippen LogP contribution in [0, 0.1) is 6.92 Å². The van der Waals surface area contributed by atoms with Crippen LogP contribution in [0.4, 0.5) is 17.5 Å². The van der Waals surface area contributed by atoms with Crippen LogP contribution in [0.3, 0.4) is 0 Å². The van der Waals surface area contributed by atoms with Gasteiger partial charge in [-0.05, 0) is 25.1 Å². The van der Waals surface area contributed by atoms with E-state index in [2.05, 4.69) is 24.9 Å². The van der Waals surface area contributed by atoms with Gasteiger partial charge in [0.25, 0.3) is 0 Å². The van der Waals surface area contributed by atoms with E-state index in [0.29, 0.717) is 34.7 Å². The van der Waals surface area contributed by atoms with Gasteiger partial charge in [0.15, 0.2) is 5.82 Å². The topological polar surface area (TPSA) is 147 Å². The van der Waals surface area contributed by atoms with Crippen molar-refractivity contribution >= 4 is 28.5 Å². The van der Waals surface area contributed by atoms with Crippen molar-refractivity contribution in [3.8, 4) is 17.3 Å². The van der Waals surface area contributed by atoms with Gasteiger partial charge in [-0.3, -0.25) is 4.57 Å². The molecule has 0 saturated carbocycles. The number of rotatable bonds is 2. The summed E-state index contributed by atoms with van der Waals surface area (Å²) in [6, 6.07) is 9.33. The molecule has 3 aromatic heterocycles. The highest BCUT2D eigenvalue weighted by molar-refractivity contribution is 5.85. The molecule has 0 unspecified atom stereocenters. The summed E-state index contributed by atoms with van der Waals surface area (Å²) in [7, 11) is 0. The van der Waals surface area contributed by atoms with Crippen LogP contribution >= 0.6 is 0 Å².